The van der Waals surface area contributed by atoms with E-state index < -0.39 is 0 Å². The highest BCUT2D eigenvalue weighted by Crippen LogP contribution is 1.93. The van der Waals surface area contributed by atoms with Gasteiger partial charge in [-0.3, -0.25) is 0 Å². The molecule has 0 amide bonds. The van der Waals surface area contributed by atoms with Gasteiger partial charge in [0.1, 0.15) is 0 Å². The van der Waals surface area contributed by atoms with Crippen molar-refractivity contribution < 1.29 is 4.74 Å². The number of hydrogen-bond acceptors (Lipinski definition) is 4. The van der Waals surface area contributed by atoms with E-state index in [1.165, 1.54) is 6.42 Å². The Bertz CT molecular complexity index is 72.1. The molecule has 68 valence electrons. The molecular weight excluding hydrogens is 142 g/mol. The lowest BCUT2D eigenvalue weighted by Gasteiger charge is -2.09. The minimum atomic E-state index is 0.102. The molecule has 1 atom stereocenters. The second kappa shape index (κ2) is 7.94. The van der Waals surface area contributed by atoms with Gasteiger partial charge in [0, 0.05) is 25.8 Å². The minimum Gasteiger partial charge on any atom is -0.381 e. The molecule has 1 fully saturated rings. The average molecular weight is 161 g/mol. The number of nitrogens with two attached hydrogens (primary N) is 3. The Morgan fingerprint density at radius 1 is 1.27 bits per heavy atom. The van der Waals surface area contributed by atoms with Gasteiger partial charge in [-0.05, 0) is 19.4 Å². The number of ether oxygens (including phenoxy) is 1. The van der Waals surface area contributed by atoms with Crippen LogP contribution in [-0.2, 0) is 4.74 Å². The fourth-order valence-corrected chi connectivity index (χ4v) is 0.476. The predicted octanol–water partition coefficient (Wildman–Crippen LogP) is -0.972. The molecule has 0 radical (unpaired) electrons. The zero-order chi connectivity index (χ0) is 8.53. The molecule has 0 aromatic heterocycles. The van der Waals surface area contributed by atoms with Crippen LogP contribution < -0.4 is 17.2 Å². The van der Waals surface area contributed by atoms with E-state index in [4.69, 9.17) is 21.9 Å². The van der Waals surface area contributed by atoms with Crippen molar-refractivity contribution in [2.75, 3.05) is 26.3 Å². The molecule has 0 aliphatic carbocycles. The first-order chi connectivity index (χ1) is 5.31. The Hall–Kier alpha value is -0.160. The van der Waals surface area contributed by atoms with E-state index in [1.54, 1.807) is 0 Å². The van der Waals surface area contributed by atoms with Crippen molar-refractivity contribution in [3.8, 4) is 0 Å². The molecule has 0 aromatic rings. The van der Waals surface area contributed by atoms with Crippen molar-refractivity contribution in [2.24, 2.45) is 17.2 Å². The number of rotatable bonds is 3. The minimum absolute atomic E-state index is 0.102. The summed E-state index contributed by atoms with van der Waals surface area (Å²) in [5.74, 6) is 0. The van der Waals surface area contributed by atoms with E-state index in [0.29, 0.717) is 13.1 Å². The Morgan fingerprint density at radius 2 is 1.73 bits per heavy atom. The summed E-state index contributed by atoms with van der Waals surface area (Å²) >= 11 is 0. The maximum Gasteiger partial charge on any atom is 0.0488 e. The van der Waals surface area contributed by atoms with Gasteiger partial charge < -0.3 is 21.9 Å². The first kappa shape index (κ1) is 10.8. The van der Waals surface area contributed by atoms with Gasteiger partial charge in [0.15, 0.2) is 0 Å². The molecule has 4 nitrogen and oxygen atoms in total. The van der Waals surface area contributed by atoms with Crippen molar-refractivity contribution in [1.82, 2.24) is 0 Å². The predicted molar refractivity (Wildman–Crippen MR) is 46.1 cm³/mol. The van der Waals surface area contributed by atoms with Gasteiger partial charge in [0.2, 0.25) is 0 Å². The molecule has 0 saturated carbocycles. The van der Waals surface area contributed by atoms with Gasteiger partial charge in [-0.25, -0.2) is 0 Å². The van der Waals surface area contributed by atoms with E-state index in [9.17, 15) is 0 Å². The van der Waals surface area contributed by atoms with E-state index in [0.717, 1.165) is 19.6 Å². The molecule has 1 rings (SSSR count). The van der Waals surface area contributed by atoms with Crippen molar-refractivity contribution in [2.45, 2.75) is 18.9 Å². The smallest absolute Gasteiger partial charge is 0.0488 e. The van der Waals surface area contributed by atoms with Gasteiger partial charge in [-0.15, -0.1) is 0 Å². The second-order valence-corrected chi connectivity index (χ2v) is 2.54. The largest absolute Gasteiger partial charge is 0.381 e. The Balaban J connectivity index is 0.000000207. The molecule has 1 saturated heterocycles. The molecule has 1 unspecified atom stereocenters. The average Bonchev–Trinajstić information content (AvgIpc) is 1.85. The fraction of sp³-hybridized carbons (Fsp3) is 1.00. The van der Waals surface area contributed by atoms with Crippen LogP contribution in [0, 0.1) is 0 Å². The first-order valence-corrected chi connectivity index (χ1v) is 4.04. The Kier molecular flexibility index (Phi) is 7.83. The van der Waals surface area contributed by atoms with E-state index in [1.807, 2.05) is 0 Å². The standard InChI is InChI=1S/C4H13N3.C3H6O/c5-2-1-4(7)3-6;1-2-4-3-1/h4H,1-3,5-7H2;1-3H2. The van der Waals surface area contributed by atoms with Crippen molar-refractivity contribution >= 4 is 0 Å². The normalized spacial score (nSPS) is 17.7. The van der Waals surface area contributed by atoms with Crippen LogP contribution in [0.5, 0.6) is 0 Å². The van der Waals surface area contributed by atoms with Crippen LogP contribution in [0.2, 0.25) is 0 Å². The van der Waals surface area contributed by atoms with Crippen LogP contribution in [0.3, 0.4) is 0 Å². The van der Waals surface area contributed by atoms with Crippen LogP contribution in [0.1, 0.15) is 12.8 Å². The molecule has 0 aromatic carbocycles. The molecule has 6 N–H and O–H groups in total. The van der Waals surface area contributed by atoms with Gasteiger partial charge >= 0.3 is 0 Å². The molecule has 11 heavy (non-hydrogen) atoms. The molecule has 0 bridgehead atoms. The maximum absolute atomic E-state index is 5.38. The molecular formula is C7H19N3O. The summed E-state index contributed by atoms with van der Waals surface area (Å²) in [7, 11) is 0. The van der Waals surface area contributed by atoms with Crippen molar-refractivity contribution in [1.29, 1.82) is 0 Å². The van der Waals surface area contributed by atoms with Crippen molar-refractivity contribution in [3.63, 3.8) is 0 Å². The third kappa shape index (κ3) is 7.74. The van der Waals surface area contributed by atoms with Crippen LogP contribution in [0.15, 0.2) is 0 Å². The summed E-state index contributed by atoms with van der Waals surface area (Å²) in [6.07, 6.45) is 2.11. The molecule has 1 aliphatic rings. The summed E-state index contributed by atoms with van der Waals surface area (Å²) in [5.41, 5.74) is 15.7. The Labute approximate surface area is 68.1 Å². The third-order valence-corrected chi connectivity index (χ3v) is 1.42. The summed E-state index contributed by atoms with van der Waals surface area (Å²) in [6.45, 7) is 3.18. The molecule has 4 heteroatoms. The van der Waals surface area contributed by atoms with Gasteiger partial charge in [0.25, 0.3) is 0 Å². The maximum atomic E-state index is 5.38. The lowest BCUT2D eigenvalue weighted by atomic mass is 10.2. The van der Waals surface area contributed by atoms with E-state index in [2.05, 4.69) is 0 Å². The topological polar surface area (TPSA) is 87.3 Å². The quantitative estimate of drug-likeness (QED) is 0.497. The van der Waals surface area contributed by atoms with Crippen molar-refractivity contribution in [3.05, 3.63) is 0 Å². The summed E-state index contributed by atoms with van der Waals surface area (Å²) in [4.78, 5) is 0. The molecule has 0 spiro atoms. The SMILES string of the molecule is C1COC1.NCCC(N)CN. The van der Waals surface area contributed by atoms with E-state index in [-0.39, 0.29) is 6.04 Å². The number of hydrogen-bond donors (Lipinski definition) is 3. The molecule has 1 heterocycles. The zero-order valence-electron chi connectivity index (χ0n) is 6.96. The summed E-state index contributed by atoms with van der Waals surface area (Å²) < 4.78 is 4.72. The van der Waals surface area contributed by atoms with Crippen LogP contribution in [0.25, 0.3) is 0 Å². The lowest BCUT2D eigenvalue weighted by molar-refractivity contribution is 0.0367. The van der Waals surface area contributed by atoms with E-state index >= 15 is 0 Å². The monoisotopic (exact) mass is 161 g/mol. The zero-order valence-corrected chi connectivity index (χ0v) is 6.96. The first-order valence-electron chi connectivity index (χ1n) is 4.04. The van der Waals surface area contributed by atoms with Gasteiger partial charge in [-0.2, -0.15) is 0 Å². The highest BCUT2D eigenvalue weighted by molar-refractivity contribution is 4.60. The highest BCUT2D eigenvalue weighted by Gasteiger charge is 1.94. The Morgan fingerprint density at radius 3 is 1.82 bits per heavy atom. The lowest BCUT2D eigenvalue weighted by Crippen LogP contribution is -2.31. The fourth-order valence-electron chi connectivity index (χ4n) is 0.476. The highest BCUT2D eigenvalue weighted by atomic mass is 16.5. The second-order valence-electron chi connectivity index (χ2n) is 2.54. The summed E-state index contributed by atoms with van der Waals surface area (Å²) in [6, 6.07) is 0.102. The third-order valence-electron chi connectivity index (χ3n) is 1.42. The van der Waals surface area contributed by atoms with Crippen LogP contribution in [0.4, 0.5) is 0 Å². The van der Waals surface area contributed by atoms with Crippen LogP contribution in [-0.4, -0.2) is 32.3 Å². The molecule has 1 aliphatic heterocycles. The van der Waals surface area contributed by atoms with Gasteiger partial charge in [0.05, 0.1) is 0 Å². The van der Waals surface area contributed by atoms with Crippen LogP contribution >= 0.6 is 0 Å². The van der Waals surface area contributed by atoms with Gasteiger partial charge in [-0.1, -0.05) is 0 Å². The summed E-state index contributed by atoms with van der Waals surface area (Å²) in [5, 5.41) is 0.